The van der Waals surface area contributed by atoms with E-state index in [1.807, 2.05) is 6.92 Å². The topological polar surface area (TPSA) is 18.5 Å². The minimum absolute atomic E-state index is 0.363. The zero-order chi connectivity index (χ0) is 6.74. The molecular formula is C6H11BrO2. The minimum atomic E-state index is -0.363. The van der Waals surface area contributed by atoms with E-state index in [2.05, 4.69) is 15.9 Å². The quantitative estimate of drug-likeness (QED) is 0.590. The monoisotopic (exact) mass is 194 g/mol. The Bertz CT molecular complexity index is 89.1. The number of ether oxygens (including phenoxy) is 2. The molecule has 1 aliphatic heterocycles. The van der Waals surface area contributed by atoms with Crippen LogP contribution in [0.15, 0.2) is 0 Å². The molecular weight excluding hydrogens is 184 g/mol. The van der Waals surface area contributed by atoms with Crippen molar-refractivity contribution in [3.63, 3.8) is 0 Å². The largest absolute Gasteiger partial charge is 0.349 e. The minimum Gasteiger partial charge on any atom is -0.349 e. The van der Waals surface area contributed by atoms with E-state index in [4.69, 9.17) is 9.47 Å². The van der Waals surface area contributed by atoms with Crippen molar-refractivity contribution in [3.8, 4) is 0 Å². The van der Waals surface area contributed by atoms with Gasteiger partial charge in [-0.25, -0.2) is 0 Å². The van der Waals surface area contributed by atoms with Gasteiger partial charge >= 0.3 is 0 Å². The molecule has 0 atom stereocenters. The van der Waals surface area contributed by atoms with Gasteiger partial charge in [0.25, 0.3) is 0 Å². The van der Waals surface area contributed by atoms with Gasteiger partial charge in [-0.15, -0.1) is 0 Å². The highest BCUT2D eigenvalue weighted by Crippen LogP contribution is 2.19. The number of rotatable bonds is 1. The zero-order valence-electron chi connectivity index (χ0n) is 5.52. The standard InChI is InChI=1S/C6H11BrO2/c1-6(5-7)8-3-2-4-9-6/h2-5H2,1H3. The van der Waals surface area contributed by atoms with Crippen LogP contribution in [-0.4, -0.2) is 24.3 Å². The van der Waals surface area contributed by atoms with Crippen LogP contribution in [0.2, 0.25) is 0 Å². The van der Waals surface area contributed by atoms with Gasteiger partial charge in [-0.3, -0.25) is 0 Å². The predicted octanol–water partition coefficient (Wildman–Crippen LogP) is 1.53. The Morgan fingerprint density at radius 2 is 2.00 bits per heavy atom. The molecule has 1 heterocycles. The highest BCUT2D eigenvalue weighted by atomic mass is 79.9. The van der Waals surface area contributed by atoms with Crippen molar-refractivity contribution in [1.82, 2.24) is 0 Å². The molecule has 0 saturated carbocycles. The maximum absolute atomic E-state index is 5.35. The summed E-state index contributed by atoms with van der Waals surface area (Å²) in [6, 6.07) is 0. The highest BCUT2D eigenvalue weighted by Gasteiger charge is 2.26. The molecule has 1 saturated heterocycles. The van der Waals surface area contributed by atoms with Crippen LogP contribution < -0.4 is 0 Å². The van der Waals surface area contributed by atoms with Gasteiger partial charge < -0.3 is 9.47 Å². The van der Waals surface area contributed by atoms with Crippen LogP contribution in [0.3, 0.4) is 0 Å². The molecule has 0 aromatic carbocycles. The third kappa shape index (κ3) is 1.92. The molecule has 3 heteroatoms. The Hall–Kier alpha value is 0.400. The third-order valence-corrected chi connectivity index (χ3v) is 2.36. The number of hydrogen-bond acceptors (Lipinski definition) is 2. The third-order valence-electron chi connectivity index (χ3n) is 1.35. The summed E-state index contributed by atoms with van der Waals surface area (Å²) >= 11 is 3.32. The molecule has 0 N–H and O–H groups in total. The van der Waals surface area contributed by atoms with Crippen LogP contribution in [0.1, 0.15) is 13.3 Å². The molecule has 54 valence electrons. The van der Waals surface area contributed by atoms with Crippen molar-refractivity contribution in [2.75, 3.05) is 18.5 Å². The predicted molar refractivity (Wildman–Crippen MR) is 38.7 cm³/mol. The van der Waals surface area contributed by atoms with Crippen molar-refractivity contribution in [3.05, 3.63) is 0 Å². The summed E-state index contributed by atoms with van der Waals surface area (Å²) < 4.78 is 10.7. The Morgan fingerprint density at radius 3 is 2.33 bits per heavy atom. The maximum atomic E-state index is 5.35. The second-order valence-corrected chi connectivity index (χ2v) is 2.88. The highest BCUT2D eigenvalue weighted by molar-refractivity contribution is 9.09. The second-order valence-electron chi connectivity index (χ2n) is 2.32. The summed E-state index contributed by atoms with van der Waals surface area (Å²) in [5.74, 6) is -0.363. The van der Waals surface area contributed by atoms with Gasteiger partial charge in [-0.1, -0.05) is 15.9 Å². The van der Waals surface area contributed by atoms with Gasteiger partial charge in [0.15, 0.2) is 5.79 Å². The number of hydrogen-bond donors (Lipinski definition) is 0. The zero-order valence-corrected chi connectivity index (χ0v) is 7.11. The maximum Gasteiger partial charge on any atom is 0.175 e. The molecule has 0 aliphatic carbocycles. The Balaban J connectivity index is 2.37. The molecule has 0 aromatic heterocycles. The molecule has 0 unspecified atom stereocenters. The van der Waals surface area contributed by atoms with Gasteiger partial charge in [-0.2, -0.15) is 0 Å². The van der Waals surface area contributed by atoms with E-state index >= 15 is 0 Å². The van der Waals surface area contributed by atoms with Gasteiger partial charge in [0.2, 0.25) is 0 Å². The van der Waals surface area contributed by atoms with E-state index in [9.17, 15) is 0 Å². The molecule has 9 heavy (non-hydrogen) atoms. The van der Waals surface area contributed by atoms with Crippen LogP contribution in [0.4, 0.5) is 0 Å². The summed E-state index contributed by atoms with van der Waals surface area (Å²) in [4.78, 5) is 0. The second kappa shape index (κ2) is 2.99. The molecule has 1 rings (SSSR count). The van der Waals surface area contributed by atoms with E-state index in [1.54, 1.807) is 0 Å². The van der Waals surface area contributed by atoms with E-state index < -0.39 is 0 Å². The average molecular weight is 195 g/mol. The Labute approximate surface area is 63.7 Å². The summed E-state index contributed by atoms with van der Waals surface area (Å²) in [6.45, 7) is 3.59. The first-order valence-electron chi connectivity index (χ1n) is 3.11. The fourth-order valence-electron chi connectivity index (χ4n) is 0.754. The van der Waals surface area contributed by atoms with Gasteiger partial charge in [-0.05, 0) is 13.3 Å². The molecule has 0 aromatic rings. The van der Waals surface area contributed by atoms with Crippen molar-refractivity contribution in [2.24, 2.45) is 0 Å². The van der Waals surface area contributed by atoms with Gasteiger partial charge in [0, 0.05) is 0 Å². The Kier molecular flexibility index (Phi) is 2.50. The van der Waals surface area contributed by atoms with Crippen molar-refractivity contribution < 1.29 is 9.47 Å². The van der Waals surface area contributed by atoms with Crippen molar-refractivity contribution in [2.45, 2.75) is 19.1 Å². The molecule has 0 spiro atoms. The van der Waals surface area contributed by atoms with Crippen LogP contribution in [0.5, 0.6) is 0 Å². The average Bonchev–Trinajstić information content (AvgIpc) is 1.90. The lowest BCUT2D eigenvalue weighted by atomic mass is 10.3. The lowest BCUT2D eigenvalue weighted by molar-refractivity contribution is -0.240. The van der Waals surface area contributed by atoms with E-state index in [-0.39, 0.29) is 5.79 Å². The van der Waals surface area contributed by atoms with E-state index in [0.29, 0.717) is 0 Å². The van der Waals surface area contributed by atoms with Crippen LogP contribution in [-0.2, 0) is 9.47 Å². The van der Waals surface area contributed by atoms with Crippen molar-refractivity contribution in [1.29, 1.82) is 0 Å². The summed E-state index contributed by atoms with van der Waals surface area (Å²) in [5, 5.41) is 0.750. The molecule has 2 nitrogen and oxygen atoms in total. The first kappa shape index (κ1) is 7.51. The fraction of sp³-hybridized carbons (Fsp3) is 1.00. The molecule has 0 radical (unpaired) electrons. The van der Waals surface area contributed by atoms with Crippen LogP contribution in [0.25, 0.3) is 0 Å². The molecule has 1 fully saturated rings. The number of alkyl halides is 1. The lowest BCUT2D eigenvalue weighted by Gasteiger charge is -2.31. The SMILES string of the molecule is CC1(CBr)OCCCO1. The van der Waals surface area contributed by atoms with Gasteiger partial charge in [0.1, 0.15) is 0 Å². The summed E-state index contributed by atoms with van der Waals surface area (Å²) in [5.41, 5.74) is 0. The van der Waals surface area contributed by atoms with Crippen molar-refractivity contribution >= 4 is 15.9 Å². The van der Waals surface area contributed by atoms with Crippen LogP contribution >= 0.6 is 15.9 Å². The molecule has 0 bridgehead atoms. The smallest absolute Gasteiger partial charge is 0.175 e. The fourth-order valence-corrected chi connectivity index (χ4v) is 1.08. The Morgan fingerprint density at radius 1 is 1.44 bits per heavy atom. The van der Waals surface area contributed by atoms with E-state index in [1.165, 1.54) is 0 Å². The van der Waals surface area contributed by atoms with Crippen LogP contribution in [0, 0.1) is 0 Å². The lowest BCUT2D eigenvalue weighted by Crippen LogP contribution is -2.38. The summed E-state index contributed by atoms with van der Waals surface area (Å²) in [7, 11) is 0. The molecule has 0 amide bonds. The molecule has 1 aliphatic rings. The van der Waals surface area contributed by atoms with Gasteiger partial charge in [0.05, 0.1) is 18.5 Å². The first-order valence-corrected chi connectivity index (χ1v) is 4.23. The normalized spacial score (nSPS) is 26.0. The summed E-state index contributed by atoms with van der Waals surface area (Å²) in [6.07, 6.45) is 1.02. The first-order chi connectivity index (χ1) is 4.27. The number of halogens is 1. The van der Waals surface area contributed by atoms with E-state index in [0.717, 1.165) is 25.0 Å².